The Hall–Kier alpha value is -2.41. The second-order valence-electron chi connectivity index (χ2n) is 5.13. The monoisotopic (exact) mass is 358 g/mol. The van der Waals surface area contributed by atoms with Crippen LogP contribution in [0.25, 0.3) is 11.3 Å². The van der Waals surface area contributed by atoms with E-state index < -0.39 is 23.8 Å². The summed E-state index contributed by atoms with van der Waals surface area (Å²) < 4.78 is 50.2. The SMILES string of the molecule is O=C(O)C1=CCc2cc(Cl)cc(-c3ccco3)c2OC1C(F)(F)F. The van der Waals surface area contributed by atoms with Crippen molar-refractivity contribution in [3.8, 4) is 17.1 Å². The van der Waals surface area contributed by atoms with Crippen LogP contribution in [0.3, 0.4) is 0 Å². The van der Waals surface area contributed by atoms with Crippen LogP contribution in [-0.2, 0) is 11.2 Å². The molecule has 0 aliphatic carbocycles. The molecule has 2 aromatic rings. The third kappa shape index (κ3) is 2.99. The number of carbonyl (C=O) groups is 1. The van der Waals surface area contributed by atoms with Gasteiger partial charge in [-0.1, -0.05) is 17.7 Å². The molecule has 1 aliphatic heterocycles. The maximum atomic E-state index is 13.3. The van der Waals surface area contributed by atoms with Crippen molar-refractivity contribution >= 4 is 17.6 Å². The van der Waals surface area contributed by atoms with Crippen molar-refractivity contribution in [1.29, 1.82) is 0 Å². The van der Waals surface area contributed by atoms with Crippen LogP contribution in [0.5, 0.6) is 5.75 Å². The van der Waals surface area contributed by atoms with Gasteiger partial charge in [-0.25, -0.2) is 4.79 Å². The van der Waals surface area contributed by atoms with Gasteiger partial charge in [0, 0.05) is 10.6 Å². The number of carboxylic acid groups (broad SMARTS) is 1. The fourth-order valence-corrected chi connectivity index (χ4v) is 2.75. The maximum Gasteiger partial charge on any atom is 0.429 e. The minimum atomic E-state index is -4.88. The fourth-order valence-electron chi connectivity index (χ4n) is 2.51. The summed E-state index contributed by atoms with van der Waals surface area (Å²) in [6.07, 6.45) is -5.16. The molecule has 1 aliphatic rings. The molecule has 1 unspecified atom stereocenters. The summed E-state index contributed by atoms with van der Waals surface area (Å²) >= 11 is 6.02. The summed E-state index contributed by atoms with van der Waals surface area (Å²) in [5.41, 5.74) is -0.281. The molecule has 0 fully saturated rings. The Kier molecular flexibility index (Phi) is 4.04. The van der Waals surface area contributed by atoms with Crippen LogP contribution in [0.4, 0.5) is 13.2 Å². The zero-order valence-corrected chi connectivity index (χ0v) is 12.7. The average molecular weight is 359 g/mol. The van der Waals surface area contributed by atoms with Crippen LogP contribution in [0, 0.1) is 0 Å². The lowest BCUT2D eigenvalue weighted by molar-refractivity contribution is -0.186. The number of allylic oxidation sites excluding steroid dienone is 1. The molecule has 24 heavy (non-hydrogen) atoms. The van der Waals surface area contributed by atoms with Crippen LogP contribution in [0.2, 0.25) is 5.02 Å². The van der Waals surface area contributed by atoms with E-state index in [0.29, 0.717) is 5.56 Å². The summed E-state index contributed by atoms with van der Waals surface area (Å²) in [6, 6.07) is 5.98. The first-order chi connectivity index (χ1) is 11.3. The number of carboxylic acids is 1. The van der Waals surface area contributed by atoms with Gasteiger partial charge < -0.3 is 14.3 Å². The lowest BCUT2D eigenvalue weighted by Gasteiger charge is -2.23. The van der Waals surface area contributed by atoms with Gasteiger partial charge in [0.05, 0.1) is 17.4 Å². The first-order valence-corrected chi connectivity index (χ1v) is 7.18. The summed E-state index contributed by atoms with van der Waals surface area (Å²) in [5, 5.41) is 9.37. The average Bonchev–Trinajstić information content (AvgIpc) is 2.92. The molecule has 126 valence electrons. The topological polar surface area (TPSA) is 59.7 Å². The maximum absolute atomic E-state index is 13.3. The lowest BCUT2D eigenvalue weighted by Crippen LogP contribution is -2.38. The predicted octanol–water partition coefficient (Wildman–Crippen LogP) is 4.48. The molecule has 0 spiro atoms. The molecular weight excluding hydrogens is 349 g/mol. The molecule has 3 rings (SSSR count). The second-order valence-corrected chi connectivity index (χ2v) is 5.56. The minimum absolute atomic E-state index is 0.0577. The third-order valence-electron chi connectivity index (χ3n) is 3.52. The number of furan rings is 1. The molecule has 0 saturated heterocycles. The highest BCUT2D eigenvalue weighted by molar-refractivity contribution is 6.31. The smallest absolute Gasteiger partial charge is 0.429 e. The molecule has 0 bridgehead atoms. The number of rotatable bonds is 2. The van der Waals surface area contributed by atoms with Gasteiger partial charge in [-0.3, -0.25) is 0 Å². The van der Waals surface area contributed by atoms with Gasteiger partial charge in [-0.2, -0.15) is 13.2 Å². The molecule has 1 aromatic carbocycles. The molecule has 1 aromatic heterocycles. The van der Waals surface area contributed by atoms with E-state index in [-0.39, 0.29) is 28.5 Å². The number of benzene rings is 1. The molecule has 8 heteroatoms. The summed E-state index contributed by atoms with van der Waals surface area (Å²) in [5.74, 6) is -1.51. The Morgan fingerprint density at radius 1 is 1.33 bits per heavy atom. The molecule has 0 radical (unpaired) electrons. The molecule has 0 saturated carbocycles. The van der Waals surface area contributed by atoms with Crippen LogP contribution in [0.15, 0.2) is 46.6 Å². The summed E-state index contributed by atoms with van der Waals surface area (Å²) in [6.45, 7) is 0. The zero-order valence-electron chi connectivity index (χ0n) is 11.9. The van der Waals surface area contributed by atoms with Gasteiger partial charge in [0.2, 0.25) is 6.10 Å². The number of halogens is 4. The second kappa shape index (κ2) is 5.90. The number of aliphatic carboxylic acids is 1. The van der Waals surface area contributed by atoms with Crippen molar-refractivity contribution in [2.45, 2.75) is 18.7 Å². The predicted molar refractivity (Wildman–Crippen MR) is 79.0 cm³/mol. The molecule has 1 atom stereocenters. The van der Waals surface area contributed by atoms with Gasteiger partial charge >= 0.3 is 12.1 Å². The molecule has 0 amide bonds. The Morgan fingerprint density at radius 2 is 2.08 bits per heavy atom. The quantitative estimate of drug-likeness (QED) is 0.860. The van der Waals surface area contributed by atoms with Crippen molar-refractivity contribution in [2.24, 2.45) is 0 Å². The highest BCUT2D eigenvalue weighted by Crippen LogP contribution is 2.42. The van der Waals surface area contributed by atoms with Crippen LogP contribution in [-0.4, -0.2) is 23.4 Å². The Labute approximate surface area is 139 Å². The first-order valence-electron chi connectivity index (χ1n) is 6.80. The van der Waals surface area contributed by atoms with E-state index in [1.165, 1.54) is 18.4 Å². The number of alkyl halides is 3. The van der Waals surface area contributed by atoms with E-state index in [1.807, 2.05) is 0 Å². The third-order valence-corrected chi connectivity index (χ3v) is 3.74. The van der Waals surface area contributed by atoms with E-state index >= 15 is 0 Å². The van der Waals surface area contributed by atoms with E-state index in [9.17, 15) is 18.0 Å². The first kappa shape index (κ1) is 16.4. The molecular formula is C16H10ClF3O4. The van der Waals surface area contributed by atoms with Crippen molar-refractivity contribution in [3.63, 3.8) is 0 Å². The van der Waals surface area contributed by atoms with Crippen LogP contribution >= 0.6 is 11.6 Å². The van der Waals surface area contributed by atoms with Gasteiger partial charge in [0.15, 0.2) is 0 Å². The number of fused-ring (bicyclic) bond motifs is 1. The van der Waals surface area contributed by atoms with E-state index in [4.69, 9.17) is 25.9 Å². The summed E-state index contributed by atoms with van der Waals surface area (Å²) in [7, 11) is 0. The Morgan fingerprint density at radius 3 is 2.67 bits per heavy atom. The standard InChI is InChI=1S/C16H10ClF3O4/c17-9-6-8-3-4-10(15(21)22)14(16(18,19)20)24-13(8)11(7-9)12-2-1-5-23-12/h1-2,4-7,14H,3H2,(H,21,22). The van der Waals surface area contributed by atoms with Gasteiger partial charge in [0.25, 0.3) is 0 Å². The molecule has 1 N–H and O–H groups in total. The number of hydrogen-bond donors (Lipinski definition) is 1. The van der Waals surface area contributed by atoms with Gasteiger partial charge in [0.1, 0.15) is 11.5 Å². The normalized spacial score (nSPS) is 17.5. The van der Waals surface area contributed by atoms with Gasteiger partial charge in [-0.15, -0.1) is 0 Å². The lowest BCUT2D eigenvalue weighted by atomic mass is 10.0. The Balaban J connectivity index is 2.17. The number of hydrogen-bond acceptors (Lipinski definition) is 3. The highest BCUT2D eigenvalue weighted by atomic mass is 35.5. The van der Waals surface area contributed by atoms with Crippen LogP contribution < -0.4 is 4.74 Å². The molecule has 2 heterocycles. The minimum Gasteiger partial charge on any atom is -0.478 e. The number of ether oxygens (including phenoxy) is 1. The van der Waals surface area contributed by atoms with E-state index in [1.54, 1.807) is 12.1 Å². The largest absolute Gasteiger partial charge is 0.478 e. The zero-order chi connectivity index (χ0) is 17.5. The van der Waals surface area contributed by atoms with Crippen molar-refractivity contribution in [2.75, 3.05) is 0 Å². The van der Waals surface area contributed by atoms with Crippen LogP contribution in [0.1, 0.15) is 5.56 Å². The fraction of sp³-hybridized carbons (Fsp3) is 0.188. The van der Waals surface area contributed by atoms with Crippen molar-refractivity contribution in [1.82, 2.24) is 0 Å². The van der Waals surface area contributed by atoms with Crippen molar-refractivity contribution < 1.29 is 32.2 Å². The van der Waals surface area contributed by atoms with E-state index in [0.717, 1.165) is 6.08 Å². The van der Waals surface area contributed by atoms with Gasteiger partial charge in [-0.05, 0) is 30.7 Å². The molecule has 4 nitrogen and oxygen atoms in total. The van der Waals surface area contributed by atoms with Crippen molar-refractivity contribution in [3.05, 3.63) is 52.8 Å². The Bertz CT molecular complexity index is 809. The summed E-state index contributed by atoms with van der Waals surface area (Å²) in [4.78, 5) is 11.2. The highest BCUT2D eigenvalue weighted by Gasteiger charge is 2.48. The van der Waals surface area contributed by atoms with E-state index in [2.05, 4.69) is 0 Å².